The van der Waals surface area contributed by atoms with Crippen molar-refractivity contribution in [3.8, 4) is 5.75 Å². The molecule has 2 aliphatic rings. The fourth-order valence-electron chi connectivity index (χ4n) is 4.68. The van der Waals surface area contributed by atoms with Crippen molar-refractivity contribution in [2.24, 2.45) is 5.92 Å². The summed E-state index contributed by atoms with van der Waals surface area (Å²) in [6.45, 7) is 3.33. The molecule has 1 saturated heterocycles. The summed E-state index contributed by atoms with van der Waals surface area (Å²) >= 11 is 12.2. The Balaban J connectivity index is 1.26. The van der Waals surface area contributed by atoms with Crippen LogP contribution >= 0.6 is 23.2 Å². The summed E-state index contributed by atoms with van der Waals surface area (Å²) in [4.78, 5) is 14.8. The number of halogens is 3. The topological polar surface area (TPSA) is 75.7 Å². The molecule has 2 fully saturated rings. The molecule has 4 rings (SSSR count). The van der Waals surface area contributed by atoms with Crippen LogP contribution in [0.4, 0.5) is 4.39 Å². The van der Waals surface area contributed by atoms with Crippen molar-refractivity contribution in [1.29, 1.82) is 0 Å². The molecule has 2 aromatic carbocycles. The molecular formula is C26H31Cl2FN2O4S. The van der Waals surface area contributed by atoms with Crippen LogP contribution in [0.3, 0.4) is 0 Å². The zero-order chi connectivity index (χ0) is 25.9. The number of carbonyl (C=O) groups excluding carboxylic acids is 1. The molecule has 1 amide bonds. The number of benzene rings is 2. The van der Waals surface area contributed by atoms with E-state index in [0.717, 1.165) is 76.0 Å². The van der Waals surface area contributed by atoms with Crippen LogP contribution in [0.2, 0.25) is 10.0 Å². The zero-order valence-corrected chi connectivity index (χ0v) is 22.6. The van der Waals surface area contributed by atoms with Gasteiger partial charge < -0.3 is 9.64 Å². The third-order valence-corrected chi connectivity index (χ3v) is 7.68. The van der Waals surface area contributed by atoms with Crippen LogP contribution in [0, 0.1) is 11.7 Å². The van der Waals surface area contributed by atoms with Crippen LogP contribution in [-0.2, 0) is 16.4 Å². The number of likely N-dealkylation sites (tertiary alicyclic amines) is 1. The quantitative estimate of drug-likeness (QED) is 0.422. The largest absolute Gasteiger partial charge is 0.490 e. The first kappa shape index (κ1) is 27.2. The minimum atomic E-state index is -3.74. The van der Waals surface area contributed by atoms with Gasteiger partial charge in [0.05, 0.1) is 12.9 Å². The van der Waals surface area contributed by atoms with Gasteiger partial charge in [-0.25, -0.2) is 17.5 Å². The molecule has 1 aliphatic heterocycles. The molecule has 0 aromatic heterocycles. The van der Waals surface area contributed by atoms with Gasteiger partial charge in [-0.05, 0) is 111 Å². The SMILES string of the molecule is CS(=O)(=O)NC(=O)c1cc(F)c(OCC2CCN(CCCc3cc(Cl)cc(Cl)c3)CC2)cc1C1CC1. The van der Waals surface area contributed by atoms with Crippen molar-refractivity contribution in [1.82, 2.24) is 9.62 Å². The average molecular weight is 558 g/mol. The van der Waals surface area contributed by atoms with E-state index in [2.05, 4.69) is 4.90 Å². The number of piperidine rings is 1. The second-order valence-corrected chi connectivity index (χ2v) is 12.4. The summed E-state index contributed by atoms with van der Waals surface area (Å²) in [5, 5.41) is 1.32. The van der Waals surface area contributed by atoms with E-state index in [1.807, 2.05) is 16.9 Å². The number of nitrogens with one attached hydrogen (secondary N) is 1. The molecule has 196 valence electrons. The van der Waals surface area contributed by atoms with E-state index < -0.39 is 21.7 Å². The summed E-state index contributed by atoms with van der Waals surface area (Å²) in [5.74, 6) is -0.896. The smallest absolute Gasteiger partial charge is 0.265 e. The van der Waals surface area contributed by atoms with E-state index >= 15 is 0 Å². The molecule has 1 N–H and O–H groups in total. The summed E-state index contributed by atoms with van der Waals surface area (Å²) in [5.41, 5.74) is 1.84. The predicted molar refractivity (Wildman–Crippen MR) is 140 cm³/mol. The molecule has 36 heavy (non-hydrogen) atoms. The number of hydrogen-bond acceptors (Lipinski definition) is 5. The molecule has 1 aliphatic carbocycles. The Bertz CT molecular complexity index is 1190. The highest BCUT2D eigenvalue weighted by molar-refractivity contribution is 7.89. The van der Waals surface area contributed by atoms with E-state index in [1.165, 1.54) is 0 Å². The first-order valence-corrected chi connectivity index (χ1v) is 14.9. The van der Waals surface area contributed by atoms with Crippen molar-refractivity contribution in [3.63, 3.8) is 0 Å². The van der Waals surface area contributed by atoms with Gasteiger partial charge >= 0.3 is 0 Å². The van der Waals surface area contributed by atoms with Gasteiger partial charge in [0.1, 0.15) is 0 Å². The van der Waals surface area contributed by atoms with Crippen LogP contribution in [0.5, 0.6) is 5.75 Å². The van der Waals surface area contributed by atoms with Crippen LogP contribution < -0.4 is 9.46 Å². The molecule has 0 radical (unpaired) electrons. The molecule has 10 heteroatoms. The van der Waals surface area contributed by atoms with E-state index in [-0.39, 0.29) is 17.2 Å². The average Bonchev–Trinajstić information content (AvgIpc) is 3.62. The van der Waals surface area contributed by atoms with Crippen molar-refractivity contribution in [2.45, 2.75) is 44.4 Å². The Hall–Kier alpha value is -1.87. The van der Waals surface area contributed by atoms with Gasteiger partial charge in [-0.15, -0.1) is 0 Å². The lowest BCUT2D eigenvalue weighted by Gasteiger charge is -2.31. The fraction of sp³-hybridized carbons (Fsp3) is 0.500. The number of amides is 1. The minimum absolute atomic E-state index is 0.0566. The number of aryl methyl sites for hydroxylation is 1. The number of carbonyl (C=O) groups is 1. The number of nitrogens with zero attached hydrogens (tertiary/aromatic N) is 1. The minimum Gasteiger partial charge on any atom is -0.490 e. The first-order valence-electron chi connectivity index (χ1n) is 12.2. The van der Waals surface area contributed by atoms with Crippen LogP contribution in [0.25, 0.3) is 0 Å². The molecule has 1 heterocycles. The van der Waals surface area contributed by atoms with E-state index in [1.54, 1.807) is 12.1 Å². The highest BCUT2D eigenvalue weighted by Crippen LogP contribution is 2.43. The maximum atomic E-state index is 14.8. The second-order valence-electron chi connectivity index (χ2n) is 9.82. The van der Waals surface area contributed by atoms with Crippen LogP contribution in [-0.4, -0.2) is 51.7 Å². The molecular weight excluding hydrogens is 526 g/mol. The van der Waals surface area contributed by atoms with Crippen LogP contribution in [0.1, 0.15) is 59.5 Å². The summed E-state index contributed by atoms with van der Waals surface area (Å²) in [6, 6.07) is 8.31. The van der Waals surface area contributed by atoms with Crippen molar-refractivity contribution >= 4 is 39.1 Å². The first-order chi connectivity index (χ1) is 17.1. The highest BCUT2D eigenvalue weighted by atomic mass is 35.5. The highest BCUT2D eigenvalue weighted by Gasteiger charge is 2.31. The molecule has 0 unspecified atom stereocenters. The van der Waals surface area contributed by atoms with Gasteiger partial charge in [0.25, 0.3) is 5.91 Å². The molecule has 0 bridgehead atoms. The van der Waals surface area contributed by atoms with E-state index in [9.17, 15) is 17.6 Å². The lowest BCUT2D eigenvalue weighted by atomic mass is 9.97. The molecule has 1 saturated carbocycles. The normalized spacial score (nSPS) is 17.2. The Labute approximate surface area is 222 Å². The summed E-state index contributed by atoms with van der Waals surface area (Å²) < 4.78 is 45.5. The third-order valence-electron chi connectivity index (χ3n) is 6.69. The maximum Gasteiger partial charge on any atom is 0.265 e. The Morgan fingerprint density at radius 1 is 1.08 bits per heavy atom. The molecule has 6 nitrogen and oxygen atoms in total. The van der Waals surface area contributed by atoms with Gasteiger partial charge in [0.2, 0.25) is 10.0 Å². The van der Waals surface area contributed by atoms with Crippen molar-refractivity contribution in [3.05, 3.63) is 62.9 Å². The zero-order valence-electron chi connectivity index (χ0n) is 20.2. The lowest BCUT2D eigenvalue weighted by Crippen LogP contribution is -2.36. The van der Waals surface area contributed by atoms with Gasteiger partial charge in [-0.2, -0.15) is 0 Å². The Morgan fingerprint density at radius 2 is 1.75 bits per heavy atom. The lowest BCUT2D eigenvalue weighted by molar-refractivity contribution is 0.0980. The second kappa shape index (κ2) is 11.7. The van der Waals surface area contributed by atoms with Gasteiger partial charge in [0.15, 0.2) is 11.6 Å². The Morgan fingerprint density at radius 3 is 2.36 bits per heavy atom. The molecule has 0 spiro atoms. The number of hydrogen-bond donors (Lipinski definition) is 1. The van der Waals surface area contributed by atoms with Crippen molar-refractivity contribution < 1.29 is 22.3 Å². The molecule has 2 aromatic rings. The molecule has 0 atom stereocenters. The van der Waals surface area contributed by atoms with E-state index in [0.29, 0.717) is 28.1 Å². The standard InChI is InChI=1S/C26H31Cl2FN2O4S/c1-36(33,34)30-26(32)23-14-24(29)25(15-22(23)19-4-5-19)35-16-17-6-9-31(10-7-17)8-2-3-18-11-20(27)13-21(28)12-18/h11-15,17,19H,2-10,16H2,1H3,(H,30,32). The van der Waals surface area contributed by atoms with E-state index in [4.69, 9.17) is 27.9 Å². The summed E-state index contributed by atoms with van der Waals surface area (Å²) in [6.07, 6.45) is 6.54. The van der Waals surface area contributed by atoms with Gasteiger partial charge in [0, 0.05) is 15.6 Å². The predicted octanol–water partition coefficient (Wildman–Crippen LogP) is 5.42. The number of ether oxygens (including phenoxy) is 1. The monoisotopic (exact) mass is 556 g/mol. The number of rotatable bonds is 10. The Kier molecular flexibility index (Phi) is 8.81. The summed E-state index contributed by atoms with van der Waals surface area (Å²) in [7, 11) is -3.74. The van der Waals surface area contributed by atoms with Gasteiger partial charge in [-0.3, -0.25) is 4.79 Å². The van der Waals surface area contributed by atoms with Crippen LogP contribution in [0.15, 0.2) is 30.3 Å². The fourth-order valence-corrected chi connectivity index (χ4v) is 5.70. The van der Waals surface area contributed by atoms with Gasteiger partial charge in [-0.1, -0.05) is 23.2 Å². The third kappa shape index (κ3) is 7.81. The number of sulfonamides is 1. The maximum absolute atomic E-state index is 14.8. The van der Waals surface area contributed by atoms with Crippen molar-refractivity contribution in [2.75, 3.05) is 32.5 Å².